The fraction of sp³-hybridized carbons (Fsp3) is 0.800. The molecule has 0 aromatic rings. The average molecular weight is 183 g/mol. The van der Waals surface area contributed by atoms with Crippen LogP contribution in [0, 0.1) is 5.92 Å². The zero-order valence-corrected chi connectivity index (χ0v) is 8.30. The third kappa shape index (κ3) is 3.17. The maximum Gasteiger partial charge on any atom is 0.287 e. The standard InChI is InChI=1S/C10H17NO2/c1-3-4-7(2)9(12)10(13)11-8-5-6-8/h7-8H,3-6H2,1-2H3,(H,11,13)/t7-/m1/s1. The van der Waals surface area contributed by atoms with E-state index in [-0.39, 0.29) is 23.7 Å². The van der Waals surface area contributed by atoms with Gasteiger partial charge in [0.05, 0.1) is 0 Å². The number of carbonyl (C=O) groups is 2. The van der Waals surface area contributed by atoms with Crippen LogP contribution in [0.1, 0.15) is 39.5 Å². The first-order chi connectivity index (χ1) is 6.15. The van der Waals surface area contributed by atoms with Crippen molar-refractivity contribution >= 4 is 11.7 Å². The molecule has 1 rings (SSSR count). The fourth-order valence-corrected chi connectivity index (χ4v) is 1.27. The minimum Gasteiger partial charge on any atom is -0.347 e. The Labute approximate surface area is 78.9 Å². The highest BCUT2D eigenvalue weighted by molar-refractivity contribution is 6.36. The molecule has 0 spiro atoms. The molecule has 0 heterocycles. The smallest absolute Gasteiger partial charge is 0.287 e. The molecule has 0 unspecified atom stereocenters. The molecule has 1 saturated carbocycles. The number of amides is 1. The minimum absolute atomic E-state index is 0.122. The van der Waals surface area contributed by atoms with Gasteiger partial charge in [0, 0.05) is 12.0 Å². The van der Waals surface area contributed by atoms with Crippen LogP contribution in [-0.4, -0.2) is 17.7 Å². The van der Waals surface area contributed by atoms with Crippen molar-refractivity contribution in [3.05, 3.63) is 0 Å². The van der Waals surface area contributed by atoms with E-state index in [0.717, 1.165) is 25.7 Å². The van der Waals surface area contributed by atoms with Gasteiger partial charge in [-0.1, -0.05) is 20.3 Å². The van der Waals surface area contributed by atoms with E-state index in [0.29, 0.717) is 0 Å². The molecule has 0 saturated heterocycles. The molecule has 3 heteroatoms. The summed E-state index contributed by atoms with van der Waals surface area (Å²) in [4.78, 5) is 22.6. The number of nitrogens with one attached hydrogen (secondary N) is 1. The third-order valence-electron chi connectivity index (χ3n) is 2.31. The van der Waals surface area contributed by atoms with Crippen molar-refractivity contribution in [1.82, 2.24) is 5.32 Å². The molecule has 0 aliphatic heterocycles. The molecular formula is C10H17NO2. The average Bonchev–Trinajstić information content (AvgIpc) is 2.87. The fourth-order valence-electron chi connectivity index (χ4n) is 1.27. The van der Waals surface area contributed by atoms with Crippen molar-refractivity contribution < 1.29 is 9.59 Å². The summed E-state index contributed by atoms with van der Waals surface area (Å²) in [5.41, 5.74) is 0. The molecule has 0 aromatic carbocycles. The lowest BCUT2D eigenvalue weighted by Crippen LogP contribution is -2.35. The second-order valence-corrected chi connectivity index (χ2v) is 3.80. The zero-order valence-electron chi connectivity index (χ0n) is 8.30. The van der Waals surface area contributed by atoms with Gasteiger partial charge in [0.1, 0.15) is 0 Å². The number of hydrogen-bond donors (Lipinski definition) is 1. The van der Waals surface area contributed by atoms with Crippen molar-refractivity contribution in [1.29, 1.82) is 0 Å². The Morgan fingerprint density at radius 2 is 2.08 bits per heavy atom. The molecule has 0 aromatic heterocycles. The highest BCUT2D eigenvalue weighted by Crippen LogP contribution is 2.19. The van der Waals surface area contributed by atoms with E-state index in [1.165, 1.54) is 0 Å². The monoisotopic (exact) mass is 183 g/mol. The second-order valence-electron chi connectivity index (χ2n) is 3.80. The SMILES string of the molecule is CCC[C@@H](C)C(=O)C(=O)NC1CC1. The van der Waals surface area contributed by atoms with Crippen molar-refractivity contribution in [3.63, 3.8) is 0 Å². The van der Waals surface area contributed by atoms with E-state index < -0.39 is 0 Å². The summed E-state index contributed by atoms with van der Waals surface area (Å²) in [5, 5.41) is 2.70. The molecule has 0 bridgehead atoms. The predicted octanol–water partition coefficient (Wildman–Crippen LogP) is 1.27. The second kappa shape index (κ2) is 4.40. The summed E-state index contributed by atoms with van der Waals surface area (Å²) in [5.74, 6) is -0.763. The van der Waals surface area contributed by atoms with E-state index >= 15 is 0 Å². The van der Waals surface area contributed by atoms with Gasteiger partial charge in [0.15, 0.2) is 0 Å². The summed E-state index contributed by atoms with van der Waals surface area (Å²) in [6.45, 7) is 3.83. The van der Waals surface area contributed by atoms with Gasteiger partial charge in [-0.25, -0.2) is 0 Å². The van der Waals surface area contributed by atoms with E-state index in [2.05, 4.69) is 5.32 Å². The third-order valence-corrected chi connectivity index (χ3v) is 2.31. The van der Waals surface area contributed by atoms with Crippen LogP contribution in [0.15, 0.2) is 0 Å². The van der Waals surface area contributed by atoms with Crippen LogP contribution in [0.2, 0.25) is 0 Å². The summed E-state index contributed by atoms with van der Waals surface area (Å²) in [7, 11) is 0. The topological polar surface area (TPSA) is 46.2 Å². The lowest BCUT2D eigenvalue weighted by molar-refractivity contribution is -0.140. The van der Waals surface area contributed by atoms with Gasteiger partial charge in [-0.3, -0.25) is 9.59 Å². The first-order valence-electron chi connectivity index (χ1n) is 4.99. The Morgan fingerprint density at radius 3 is 2.54 bits per heavy atom. The molecule has 74 valence electrons. The molecular weight excluding hydrogens is 166 g/mol. The Balaban J connectivity index is 2.31. The number of carbonyl (C=O) groups excluding carboxylic acids is 2. The van der Waals surface area contributed by atoms with Gasteiger partial charge in [0.25, 0.3) is 5.91 Å². The lowest BCUT2D eigenvalue weighted by atomic mass is 10.0. The van der Waals surface area contributed by atoms with Crippen LogP contribution in [-0.2, 0) is 9.59 Å². The van der Waals surface area contributed by atoms with Crippen LogP contribution < -0.4 is 5.32 Å². The summed E-state index contributed by atoms with van der Waals surface area (Å²) in [6, 6.07) is 0.283. The molecule has 1 aliphatic rings. The zero-order chi connectivity index (χ0) is 9.84. The first kappa shape index (κ1) is 10.2. The van der Waals surface area contributed by atoms with Crippen LogP contribution in [0.3, 0.4) is 0 Å². The molecule has 3 nitrogen and oxygen atoms in total. The maximum absolute atomic E-state index is 11.4. The molecule has 1 fully saturated rings. The number of Topliss-reactive ketones (excluding diaryl/α,β-unsaturated/α-hetero) is 1. The lowest BCUT2D eigenvalue weighted by Gasteiger charge is -2.08. The minimum atomic E-state index is -0.386. The Morgan fingerprint density at radius 1 is 1.46 bits per heavy atom. The summed E-state index contributed by atoms with van der Waals surface area (Å²) < 4.78 is 0. The Bertz CT molecular complexity index is 209. The Kier molecular flexibility index (Phi) is 3.46. The van der Waals surface area contributed by atoms with Gasteiger partial charge >= 0.3 is 0 Å². The van der Waals surface area contributed by atoms with Gasteiger partial charge in [-0.05, 0) is 19.3 Å². The molecule has 13 heavy (non-hydrogen) atoms. The summed E-state index contributed by atoms with van der Waals surface area (Å²) >= 11 is 0. The highest BCUT2D eigenvalue weighted by Gasteiger charge is 2.28. The first-order valence-corrected chi connectivity index (χ1v) is 4.99. The highest BCUT2D eigenvalue weighted by atomic mass is 16.2. The van der Waals surface area contributed by atoms with E-state index in [9.17, 15) is 9.59 Å². The largest absolute Gasteiger partial charge is 0.347 e. The van der Waals surface area contributed by atoms with Gasteiger partial charge in [-0.2, -0.15) is 0 Å². The molecule has 1 amide bonds. The summed E-state index contributed by atoms with van der Waals surface area (Å²) in [6.07, 6.45) is 3.81. The number of ketones is 1. The van der Waals surface area contributed by atoms with Crippen LogP contribution >= 0.6 is 0 Å². The van der Waals surface area contributed by atoms with E-state index in [1.807, 2.05) is 13.8 Å². The van der Waals surface area contributed by atoms with E-state index in [1.54, 1.807) is 0 Å². The number of hydrogen-bond acceptors (Lipinski definition) is 2. The van der Waals surface area contributed by atoms with Crippen LogP contribution in [0.25, 0.3) is 0 Å². The Hall–Kier alpha value is -0.860. The van der Waals surface area contributed by atoms with Gasteiger partial charge in [0.2, 0.25) is 5.78 Å². The van der Waals surface area contributed by atoms with Gasteiger partial charge in [-0.15, -0.1) is 0 Å². The van der Waals surface area contributed by atoms with Crippen molar-refractivity contribution in [2.45, 2.75) is 45.6 Å². The molecule has 1 aliphatic carbocycles. The normalized spacial score (nSPS) is 18.0. The van der Waals surface area contributed by atoms with Crippen molar-refractivity contribution in [2.75, 3.05) is 0 Å². The maximum atomic E-state index is 11.4. The van der Waals surface area contributed by atoms with Gasteiger partial charge < -0.3 is 5.32 Å². The predicted molar refractivity (Wildman–Crippen MR) is 50.2 cm³/mol. The number of rotatable bonds is 5. The van der Waals surface area contributed by atoms with Crippen LogP contribution in [0.5, 0.6) is 0 Å². The quantitative estimate of drug-likeness (QED) is 0.652. The molecule has 0 radical (unpaired) electrons. The van der Waals surface area contributed by atoms with E-state index in [4.69, 9.17) is 0 Å². The van der Waals surface area contributed by atoms with Crippen molar-refractivity contribution in [3.8, 4) is 0 Å². The molecule has 1 atom stereocenters. The van der Waals surface area contributed by atoms with Crippen LogP contribution in [0.4, 0.5) is 0 Å². The molecule has 1 N–H and O–H groups in total. The van der Waals surface area contributed by atoms with Crippen molar-refractivity contribution in [2.24, 2.45) is 5.92 Å².